The first-order valence-corrected chi connectivity index (χ1v) is 9.58. The van der Waals surface area contributed by atoms with Gasteiger partial charge in [-0.15, -0.1) is 0 Å². The molecule has 0 aromatic carbocycles. The molecule has 132 valence electrons. The number of hydrogen-bond donors (Lipinski definition) is 0. The monoisotopic (exact) mass is 322 g/mol. The Morgan fingerprint density at radius 2 is 1.48 bits per heavy atom. The first kappa shape index (κ1) is 16.3. The molecule has 0 saturated carbocycles. The predicted molar refractivity (Wildman–Crippen MR) is 91.5 cm³/mol. The van der Waals surface area contributed by atoms with Gasteiger partial charge in [0.2, 0.25) is 0 Å². The molecule has 0 aliphatic carbocycles. The van der Waals surface area contributed by atoms with E-state index in [9.17, 15) is 0 Å². The van der Waals surface area contributed by atoms with Gasteiger partial charge < -0.3 is 14.4 Å². The average Bonchev–Trinajstić information content (AvgIpc) is 3.02. The summed E-state index contributed by atoms with van der Waals surface area (Å²) in [6.07, 6.45) is 2.54. The summed E-state index contributed by atoms with van der Waals surface area (Å²) in [7, 11) is 2.19. The highest BCUT2D eigenvalue weighted by molar-refractivity contribution is 5.04. The van der Waals surface area contributed by atoms with Crippen molar-refractivity contribution < 1.29 is 9.47 Å². The molecular formula is C19H34N2O2. The molecule has 0 radical (unpaired) electrons. The average molecular weight is 322 g/mol. The van der Waals surface area contributed by atoms with Crippen molar-refractivity contribution in [2.45, 2.75) is 44.8 Å². The number of nitrogens with zero attached hydrogens (tertiary/aromatic N) is 2. The number of likely N-dealkylation sites (tertiary alicyclic amines) is 2. The minimum absolute atomic E-state index is 0.207. The SMILES string of the molecule is CC(C)C1COC2(C1)CN(CC(C)C1COC3(C1)CN(C)C3)C2. The lowest BCUT2D eigenvalue weighted by molar-refractivity contribution is -0.116. The van der Waals surface area contributed by atoms with Gasteiger partial charge in [0.05, 0.1) is 24.4 Å². The van der Waals surface area contributed by atoms with E-state index in [1.807, 2.05) is 0 Å². The summed E-state index contributed by atoms with van der Waals surface area (Å²) in [5, 5.41) is 0. The van der Waals surface area contributed by atoms with Gasteiger partial charge >= 0.3 is 0 Å². The molecule has 4 aliphatic heterocycles. The van der Waals surface area contributed by atoms with Crippen molar-refractivity contribution in [3.63, 3.8) is 0 Å². The lowest BCUT2D eigenvalue weighted by atomic mass is 9.80. The molecular weight excluding hydrogens is 288 g/mol. The Morgan fingerprint density at radius 1 is 0.913 bits per heavy atom. The molecule has 4 saturated heterocycles. The van der Waals surface area contributed by atoms with Crippen LogP contribution in [-0.4, -0.2) is 74.0 Å². The van der Waals surface area contributed by atoms with E-state index in [1.54, 1.807) is 0 Å². The summed E-state index contributed by atoms with van der Waals surface area (Å²) in [4.78, 5) is 4.99. The van der Waals surface area contributed by atoms with Gasteiger partial charge in [-0.25, -0.2) is 0 Å². The Labute approximate surface area is 141 Å². The first-order valence-electron chi connectivity index (χ1n) is 9.58. The summed E-state index contributed by atoms with van der Waals surface area (Å²) in [6.45, 7) is 14.8. The van der Waals surface area contributed by atoms with Crippen molar-refractivity contribution in [1.29, 1.82) is 0 Å². The van der Waals surface area contributed by atoms with Gasteiger partial charge in [0.25, 0.3) is 0 Å². The molecule has 0 bridgehead atoms. The summed E-state index contributed by atoms with van der Waals surface area (Å²) in [5.41, 5.74) is 0.418. The smallest absolute Gasteiger partial charge is 0.0938 e. The normalized spacial score (nSPS) is 37.4. The number of hydrogen-bond acceptors (Lipinski definition) is 4. The van der Waals surface area contributed by atoms with Gasteiger partial charge in [-0.3, -0.25) is 4.90 Å². The molecule has 4 fully saturated rings. The van der Waals surface area contributed by atoms with Crippen molar-refractivity contribution in [3.05, 3.63) is 0 Å². The largest absolute Gasteiger partial charge is 0.372 e. The molecule has 0 N–H and O–H groups in total. The van der Waals surface area contributed by atoms with Crippen LogP contribution in [0.25, 0.3) is 0 Å². The van der Waals surface area contributed by atoms with Gasteiger partial charge in [-0.05, 0) is 43.6 Å². The molecule has 4 heterocycles. The third-order valence-corrected chi connectivity index (χ3v) is 6.91. The molecule has 3 atom stereocenters. The van der Waals surface area contributed by atoms with Crippen LogP contribution in [0.15, 0.2) is 0 Å². The highest BCUT2D eigenvalue weighted by Gasteiger charge is 2.52. The van der Waals surface area contributed by atoms with Gasteiger partial charge in [-0.2, -0.15) is 0 Å². The number of likely N-dealkylation sites (N-methyl/N-ethyl adjacent to an activating group) is 1. The predicted octanol–water partition coefficient (Wildman–Crippen LogP) is 2.09. The molecule has 0 aromatic heterocycles. The minimum Gasteiger partial charge on any atom is -0.372 e. The molecule has 4 nitrogen and oxygen atoms in total. The molecule has 3 unspecified atom stereocenters. The second-order valence-electron chi connectivity index (χ2n) is 9.48. The van der Waals surface area contributed by atoms with E-state index in [0.717, 1.165) is 63.1 Å². The van der Waals surface area contributed by atoms with Crippen LogP contribution in [0.4, 0.5) is 0 Å². The van der Waals surface area contributed by atoms with E-state index < -0.39 is 0 Å². The molecule has 4 aliphatic rings. The van der Waals surface area contributed by atoms with Crippen molar-refractivity contribution in [1.82, 2.24) is 9.80 Å². The van der Waals surface area contributed by atoms with Crippen LogP contribution in [0.5, 0.6) is 0 Å². The maximum Gasteiger partial charge on any atom is 0.0938 e. The summed E-state index contributed by atoms with van der Waals surface area (Å²) in [6, 6.07) is 0. The fourth-order valence-electron chi connectivity index (χ4n) is 5.39. The fraction of sp³-hybridized carbons (Fsp3) is 1.00. The van der Waals surface area contributed by atoms with Gasteiger partial charge in [-0.1, -0.05) is 20.8 Å². The van der Waals surface area contributed by atoms with E-state index in [0.29, 0.717) is 0 Å². The molecule has 2 spiro atoms. The Balaban J connectivity index is 1.22. The van der Waals surface area contributed by atoms with E-state index in [4.69, 9.17) is 9.47 Å². The first-order chi connectivity index (χ1) is 10.9. The van der Waals surface area contributed by atoms with Crippen LogP contribution < -0.4 is 0 Å². The highest BCUT2D eigenvalue weighted by Crippen LogP contribution is 2.43. The van der Waals surface area contributed by atoms with Gasteiger partial charge in [0.1, 0.15) is 0 Å². The van der Waals surface area contributed by atoms with Crippen LogP contribution in [0, 0.1) is 23.7 Å². The standard InChI is InChI=1S/C19H34N2O2/c1-14(2)16-5-19(22-8-16)12-21(13-19)7-15(3)17-6-18(23-9-17)10-20(4)11-18/h14-17H,5-13H2,1-4H3. The fourth-order valence-corrected chi connectivity index (χ4v) is 5.39. The highest BCUT2D eigenvalue weighted by atomic mass is 16.5. The van der Waals surface area contributed by atoms with Gasteiger partial charge in [0.15, 0.2) is 0 Å². The zero-order chi connectivity index (χ0) is 16.2. The Hall–Kier alpha value is -0.160. The third-order valence-electron chi connectivity index (χ3n) is 6.91. The van der Waals surface area contributed by atoms with Gasteiger partial charge in [0, 0.05) is 32.7 Å². The Bertz CT molecular complexity index is 441. The Morgan fingerprint density at radius 3 is 2.04 bits per heavy atom. The van der Waals surface area contributed by atoms with Crippen LogP contribution >= 0.6 is 0 Å². The van der Waals surface area contributed by atoms with Crippen molar-refractivity contribution in [3.8, 4) is 0 Å². The topological polar surface area (TPSA) is 24.9 Å². The molecule has 23 heavy (non-hydrogen) atoms. The number of rotatable bonds is 4. The van der Waals surface area contributed by atoms with E-state index in [2.05, 4.69) is 37.6 Å². The van der Waals surface area contributed by atoms with E-state index >= 15 is 0 Å². The lowest BCUT2D eigenvalue weighted by Crippen LogP contribution is -2.62. The molecule has 0 aromatic rings. The number of ether oxygens (including phenoxy) is 2. The molecule has 4 heteroatoms. The van der Waals surface area contributed by atoms with Crippen molar-refractivity contribution >= 4 is 0 Å². The van der Waals surface area contributed by atoms with Crippen LogP contribution in [0.1, 0.15) is 33.6 Å². The summed E-state index contributed by atoms with van der Waals surface area (Å²) < 4.78 is 12.3. The second-order valence-corrected chi connectivity index (χ2v) is 9.48. The van der Waals surface area contributed by atoms with Crippen LogP contribution in [-0.2, 0) is 9.47 Å². The van der Waals surface area contributed by atoms with Crippen molar-refractivity contribution in [2.24, 2.45) is 23.7 Å². The third kappa shape index (κ3) is 2.97. The van der Waals surface area contributed by atoms with Crippen LogP contribution in [0.2, 0.25) is 0 Å². The zero-order valence-electron chi connectivity index (χ0n) is 15.4. The summed E-state index contributed by atoms with van der Waals surface area (Å²) >= 11 is 0. The van der Waals surface area contributed by atoms with Crippen molar-refractivity contribution in [2.75, 3.05) is 53.0 Å². The second kappa shape index (κ2) is 5.69. The van der Waals surface area contributed by atoms with Crippen LogP contribution in [0.3, 0.4) is 0 Å². The Kier molecular flexibility index (Phi) is 4.03. The van der Waals surface area contributed by atoms with E-state index in [-0.39, 0.29) is 11.2 Å². The maximum atomic E-state index is 6.19. The lowest BCUT2D eigenvalue weighted by Gasteiger charge is -2.49. The quantitative estimate of drug-likeness (QED) is 0.791. The van der Waals surface area contributed by atoms with E-state index in [1.165, 1.54) is 19.4 Å². The zero-order valence-corrected chi connectivity index (χ0v) is 15.4. The minimum atomic E-state index is 0.207. The maximum absolute atomic E-state index is 6.19. The molecule has 4 rings (SSSR count). The molecule has 0 amide bonds. The summed E-state index contributed by atoms with van der Waals surface area (Å²) in [5.74, 6) is 3.01.